The topological polar surface area (TPSA) is 89.5 Å². The monoisotopic (exact) mass is 471 g/mol. The van der Waals surface area contributed by atoms with Gasteiger partial charge in [0.25, 0.3) is 0 Å². The summed E-state index contributed by atoms with van der Waals surface area (Å²) in [6, 6.07) is 15.0. The molecule has 0 aliphatic heterocycles. The molecule has 7 heteroatoms. The number of sulfonamides is 1. The Labute approximate surface area is 198 Å². The van der Waals surface area contributed by atoms with Crippen LogP contribution in [0.2, 0.25) is 0 Å². The van der Waals surface area contributed by atoms with E-state index >= 15 is 0 Å². The van der Waals surface area contributed by atoms with E-state index in [0.29, 0.717) is 30.8 Å². The molecular weight excluding hydrogens is 436 g/mol. The van der Waals surface area contributed by atoms with Crippen LogP contribution in [-0.2, 0) is 26.8 Å². The van der Waals surface area contributed by atoms with E-state index in [1.54, 1.807) is 16.4 Å². The van der Waals surface area contributed by atoms with Crippen LogP contribution in [-0.4, -0.2) is 25.2 Å². The maximum absolute atomic E-state index is 13.7. The minimum absolute atomic E-state index is 0.0574. The summed E-state index contributed by atoms with van der Waals surface area (Å²) in [6.07, 6.45) is 2.66. The Hall–Kier alpha value is -2.22. The highest BCUT2D eigenvalue weighted by Crippen LogP contribution is 2.32. The van der Waals surface area contributed by atoms with Crippen molar-refractivity contribution in [3.05, 3.63) is 70.4 Å². The van der Waals surface area contributed by atoms with Gasteiger partial charge in [-0.3, -0.25) is 4.79 Å². The van der Waals surface area contributed by atoms with Crippen LogP contribution in [0.25, 0.3) is 0 Å². The minimum atomic E-state index is -3.71. The summed E-state index contributed by atoms with van der Waals surface area (Å²) in [5, 5.41) is 10.7. The molecular formula is C26H35N2O4S-. The van der Waals surface area contributed by atoms with Gasteiger partial charge in [0, 0.05) is 19.0 Å². The van der Waals surface area contributed by atoms with Gasteiger partial charge in [-0.15, -0.1) is 0 Å². The summed E-state index contributed by atoms with van der Waals surface area (Å²) in [7, 11) is -3.71. The molecule has 1 N–H and O–H groups in total. The minimum Gasteiger partial charge on any atom is -0.759 e. The number of amides is 1. The maximum Gasteiger partial charge on any atom is 0.243 e. The van der Waals surface area contributed by atoms with Crippen molar-refractivity contribution in [3.8, 4) is 0 Å². The van der Waals surface area contributed by atoms with Crippen molar-refractivity contribution in [1.82, 2.24) is 9.79 Å². The van der Waals surface area contributed by atoms with E-state index in [-0.39, 0.29) is 17.3 Å². The lowest BCUT2D eigenvalue weighted by molar-refractivity contribution is -0.125. The number of nitrogens with one attached hydrogen (secondary N) is 1. The quantitative estimate of drug-likeness (QED) is 0.582. The van der Waals surface area contributed by atoms with Crippen LogP contribution in [0.4, 0.5) is 0 Å². The molecule has 6 nitrogen and oxygen atoms in total. The molecule has 33 heavy (non-hydrogen) atoms. The van der Waals surface area contributed by atoms with Gasteiger partial charge >= 0.3 is 0 Å². The summed E-state index contributed by atoms with van der Waals surface area (Å²) < 4.78 is 29.0. The SMILES string of the molecule is Cc1ccccc1CN(CC1CCC(C(=O)N[O-])CC1)S(=O)(=O)c1ccc(C(C)(C)C)cc1. The first-order valence-electron chi connectivity index (χ1n) is 11.6. The fourth-order valence-corrected chi connectivity index (χ4v) is 5.97. The van der Waals surface area contributed by atoms with Crippen molar-refractivity contribution in [2.24, 2.45) is 11.8 Å². The van der Waals surface area contributed by atoms with Crippen LogP contribution in [0.15, 0.2) is 53.4 Å². The smallest absolute Gasteiger partial charge is 0.243 e. The molecule has 2 aromatic carbocycles. The predicted molar refractivity (Wildman–Crippen MR) is 131 cm³/mol. The summed E-state index contributed by atoms with van der Waals surface area (Å²) in [5.41, 5.74) is 4.55. The van der Waals surface area contributed by atoms with Gasteiger partial charge in [0.1, 0.15) is 0 Å². The number of benzene rings is 2. The van der Waals surface area contributed by atoms with Gasteiger partial charge in [-0.2, -0.15) is 4.31 Å². The first-order valence-corrected chi connectivity index (χ1v) is 13.0. The van der Waals surface area contributed by atoms with Crippen molar-refractivity contribution in [1.29, 1.82) is 0 Å². The zero-order valence-electron chi connectivity index (χ0n) is 20.0. The molecule has 1 amide bonds. The molecule has 0 radical (unpaired) electrons. The fourth-order valence-electron chi connectivity index (χ4n) is 4.48. The third kappa shape index (κ3) is 6.22. The highest BCUT2D eigenvalue weighted by atomic mass is 32.2. The molecule has 2 aromatic rings. The van der Waals surface area contributed by atoms with Gasteiger partial charge in [0.05, 0.1) is 4.90 Å². The van der Waals surface area contributed by atoms with Crippen molar-refractivity contribution in [2.75, 3.05) is 6.54 Å². The number of rotatable bonds is 7. The van der Waals surface area contributed by atoms with E-state index in [1.807, 2.05) is 43.3 Å². The van der Waals surface area contributed by atoms with Gasteiger partial charge in [0.15, 0.2) is 0 Å². The van der Waals surface area contributed by atoms with Crippen LogP contribution in [0.3, 0.4) is 0 Å². The average Bonchev–Trinajstić information content (AvgIpc) is 2.79. The van der Waals surface area contributed by atoms with E-state index in [9.17, 15) is 18.4 Å². The van der Waals surface area contributed by atoms with E-state index < -0.39 is 15.9 Å². The number of carbonyl (C=O) groups excluding carboxylic acids is 1. The van der Waals surface area contributed by atoms with Crippen LogP contribution < -0.4 is 5.48 Å². The summed E-state index contributed by atoms with van der Waals surface area (Å²) in [5.74, 6) is -0.588. The first kappa shape index (κ1) is 25.4. The van der Waals surface area contributed by atoms with Crippen molar-refractivity contribution < 1.29 is 13.2 Å². The second-order valence-corrected chi connectivity index (χ2v) is 12.1. The molecule has 1 saturated carbocycles. The van der Waals surface area contributed by atoms with Crippen LogP contribution in [0.5, 0.6) is 0 Å². The second-order valence-electron chi connectivity index (χ2n) is 10.2. The van der Waals surface area contributed by atoms with Gasteiger partial charge in [-0.05, 0) is 72.8 Å². The van der Waals surface area contributed by atoms with E-state index in [4.69, 9.17) is 0 Å². The zero-order valence-corrected chi connectivity index (χ0v) is 20.8. The Morgan fingerprint density at radius 1 is 1.03 bits per heavy atom. The van der Waals surface area contributed by atoms with E-state index in [2.05, 4.69) is 20.8 Å². The molecule has 0 heterocycles. The predicted octanol–water partition coefficient (Wildman–Crippen LogP) is 4.90. The molecule has 0 spiro atoms. The molecule has 0 unspecified atom stereocenters. The summed E-state index contributed by atoms with van der Waals surface area (Å²) >= 11 is 0. The van der Waals surface area contributed by atoms with Crippen molar-refractivity contribution >= 4 is 15.9 Å². The maximum atomic E-state index is 13.7. The average molecular weight is 472 g/mol. The molecule has 0 bridgehead atoms. The van der Waals surface area contributed by atoms with Crippen molar-refractivity contribution in [2.45, 2.75) is 70.2 Å². The molecule has 180 valence electrons. The Bertz CT molecular complexity index is 1050. The van der Waals surface area contributed by atoms with Gasteiger partial charge in [-0.1, -0.05) is 57.2 Å². The Morgan fingerprint density at radius 2 is 1.64 bits per heavy atom. The fraction of sp³-hybridized carbons (Fsp3) is 0.500. The summed E-state index contributed by atoms with van der Waals surface area (Å²) in [4.78, 5) is 12.0. The van der Waals surface area contributed by atoms with Gasteiger partial charge in [-0.25, -0.2) is 8.42 Å². The Morgan fingerprint density at radius 3 is 2.18 bits per heavy atom. The third-order valence-corrected chi connectivity index (χ3v) is 8.57. The van der Waals surface area contributed by atoms with Crippen molar-refractivity contribution in [3.63, 3.8) is 0 Å². The molecule has 0 aromatic heterocycles. The van der Waals surface area contributed by atoms with E-state index in [0.717, 1.165) is 29.5 Å². The number of nitrogens with zero attached hydrogens (tertiary/aromatic N) is 1. The lowest BCUT2D eigenvalue weighted by Crippen LogP contribution is -2.37. The lowest BCUT2D eigenvalue weighted by Gasteiger charge is -2.32. The molecule has 1 fully saturated rings. The highest BCUT2D eigenvalue weighted by molar-refractivity contribution is 7.89. The number of hydroxylamine groups is 1. The molecule has 1 aliphatic carbocycles. The molecule has 0 saturated heterocycles. The van der Waals surface area contributed by atoms with Crippen LogP contribution >= 0.6 is 0 Å². The number of aryl methyl sites for hydroxylation is 1. The Kier molecular flexibility index (Phi) is 7.98. The van der Waals surface area contributed by atoms with Gasteiger partial charge < -0.3 is 10.7 Å². The summed E-state index contributed by atoms with van der Waals surface area (Å²) in [6.45, 7) is 8.99. The highest BCUT2D eigenvalue weighted by Gasteiger charge is 2.31. The standard InChI is InChI=1S/C26H35N2O4S/c1-19-7-5-6-8-22(19)18-28(17-20-9-11-21(12-10-20)25(29)27-30)33(31,32)24-15-13-23(14-16-24)26(2,3)4/h5-8,13-16,20-21H,9-12,17-18H2,1-4H3,(H-,27,29,30)/q-1. The molecule has 3 rings (SSSR count). The zero-order chi connectivity index (χ0) is 24.2. The van der Waals surface area contributed by atoms with Crippen LogP contribution in [0, 0.1) is 24.0 Å². The second kappa shape index (κ2) is 10.4. The number of carbonyl (C=O) groups is 1. The largest absolute Gasteiger partial charge is 0.759 e. The number of hydrogen-bond acceptors (Lipinski definition) is 4. The third-order valence-electron chi connectivity index (χ3n) is 6.75. The Balaban J connectivity index is 1.85. The normalized spacial score (nSPS) is 19.5. The molecule has 0 atom stereocenters. The lowest BCUT2D eigenvalue weighted by atomic mass is 9.81. The number of hydrogen-bond donors (Lipinski definition) is 1. The first-order chi connectivity index (χ1) is 15.5. The van der Waals surface area contributed by atoms with E-state index in [1.165, 1.54) is 5.48 Å². The molecule has 1 aliphatic rings. The van der Waals surface area contributed by atoms with Crippen LogP contribution in [0.1, 0.15) is 63.1 Å². The van der Waals surface area contributed by atoms with Gasteiger partial charge in [0.2, 0.25) is 15.9 Å².